The Morgan fingerprint density at radius 1 is 1.26 bits per heavy atom. The maximum absolute atomic E-state index is 12.2. The van der Waals surface area contributed by atoms with Crippen molar-refractivity contribution in [2.24, 2.45) is 0 Å². The first-order chi connectivity index (χ1) is 9.03. The summed E-state index contributed by atoms with van der Waals surface area (Å²) in [4.78, 5) is 0.190. The monoisotopic (exact) mass is 289 g/mol. The first-order valence-electron chi connectivity index (χ1n) is 5.93. The molecule has 19 heavy (non-hydrogen) atoms. The van der Waals surface area contributed by atoms with Gasteiger partial charge in [-0.25, -0.2) is 0 Å². The highest BCUT2D eigenvalue weighted by molar-refractivity contribution is 8.00. The van der Waals surface area contributed by atoms with E-state index in [9.17, 15) is 13.2 Å². The highest BCUT2D eigenvalue weighted by Gasteiger charge is 2.28. The second kappa shape index (κ2) is 6.23. The van der Waals surface area contributed by atoms with Crippen LogP contribution in [0.4, 0.5) is 18.9 Å². The van der Waals surface area contributed by atoms with Crippen LogP contribution in [0.25, 0.3) is 0 Å². The normalized spacial score (nSPS) is 19.0. The first-order valence-corrected chi connectivity index (χ1v) is 6.75. The summed E-state index contributed by atoms with van der Waals surface area (Å²) in [6.07, 6.45) is 5.73. The van der Waals surface area contributed by atoms with E-state index < -0.39 is 5.51 Å². The standard InChI is InChI=1S/C13H14F3NOS/c14-13(15,16)19-12-6-4-10(5-7-12)17-9-11-3-1-2-8-18-11/h2,4-8,11,17H,1,3,9H2. The highest BCUT2D eigenvalue weighted by atomic mass is 32.2. The maximum Gasteiger partial charge on any atom is 0.446 e. The third-order valence-electron chi connectivity index (χ3n) is 2.64. The highest BCUT2D eigenvalue weighted by Crippen LogP contribution is 2.37. The number of hydrogen-bond donors (Lipinski definition) is 1. The second-order valence-corrected chi connectivity index (χ2v) is 5.30. The number of rotatable bonds is 4. The third-order valence-corrected chi connectivity index (χ3v) is 3.38. The molecule has 1 heterocycles. The van der Waals surface area contributed by atoms with Crippen molar-refractivity contribution in [3.63, 3.8) is 0 Å². The van der Waals surface area contributed by atoms with Gasteiger partial charge in [-0.15, -0.1) is 0 Å². The molecule has 0 saturated carbocycles. The smallest absolute Gasteiger partial charge is 0.446 e. The number of allylic oxidation sites excluding steroid dienone is 1. The second-order valence-electron chi connectivity index (χ2n) is 4.16. The SMILES string of the molecule is FC(F)(F)Sc1ccc(NCC2CCC=CO2)cc1. The van der Waals surface area contributed by atoms with Gasteiger partial charge < -0.3 is 10.1 Å². The predicted molar refractivity (Wildman–Crippen MR) is 70.1 cm³/mol. The predicted octanol–water partition coefficient (Wildman–Crippen LogP) is 4.40. The van der Waals surface area contributed by atoms with Gasteiger partial charge in [0.1, 0.15) is 6.10 Å². The van der Waals surface area contributed by atoms with E-state index in [1.54, 1.807) is 18.4 Å². The average molecular weight is 289 g/mol. The van der Waals surface area contributed by atoms with Crippen molar-refractivity contribution < 1.29 is 17.9 Å². The van der Waals surface area contributed by atoms with E-state index in [4.69, 9.17) is 4.74 Å². The fraction of sp³-hybridized carbons (Fsp3) is 0.385. The molecule has 1 aliphatic heterocycles. The Hall–Kier alpha value is -1.30. The van der Waals surface area contributed by atoms with Crippen molar-refractivity contribution in [2.75, 3.05) is 11.9 Å². The van der Waals surface area contributed by atoms with E-state index in [1.165, 1.54) is 12.1 Å². The molecule has 1 unspecified atom stereocenters. The van der Waals surface area contributed by atoms with Gasteiger partial charge in [0.25, 0.3) is 0 Å². The Labute approximate surface area is 114 Å². The van der Waals surface area contributed by atoms with Crippen molar-refractivity contribution in [3.05, 3.63) is 36.6 Å². The lowest BCUT2D eigenvalue weighted by atomic mass is 10.1. The lowest BCUT2D eigenvalue weighted by molar-refractivity contribution is -0.0328. The topological polar surface area (TPSA) is 21.3 Å². The lowest BCUT2D eigenvalue weighted by Gasteiger charge is -2.20. The van der Waals surface area contributed by atoms with Crippen molar-refractivity contribution in [1.82, 2.24) is 0 Å². The molecule has 0 aliphatic carbocycles. The van der Waals surface area contributed by atoms with Crippen LogP contribution in [-0.2, 0) is 4.74 Å². The number of ether oxygens (including phenoxy) is 1. The molecular formula is C13H14F3NOS. The van der Waals surface area contributed by atoms with Gasteiger partial charge >= 0.3 is 5.51 Å². The van der Waals surface area contributed by atoms with E-state index in [-0.39, 0.29) is 22.8 Å². The molecule has 104 valence electrons. The Morgan fingerprint density at radius 2 is 2.00 bits per heavy atom. The van der Waals surface area contributed by atoms with Gasteiger partial charge in [0.15, 0.2) is 0 Å². The molecule has 0 spiro atoms. The molecule has 0 bridgehead atoms. The summed E-state index contributed by atoms with van der Waals surface area (Å²) in [5.74, 6) is 0. The van der Waals surface area contributed by atoms with Crippen molar-refractivity contribution in [3.8, 4) is 0 Å². The van der Waals surface area contributed by atoms with E-state index in [0.717, 1.165) is 18.5 Å². The van der Waals surface area contributed by atoms with Gasteiger partial charge in [-0.3, -0.25) is 0 Å². The van der Waals surface area contributed by atoms with Gasteiger partial charge in [0.05, 0.1) is 12.8 Å². The summed E-state index contributed by atoms with van der Waals surface area (Å²) in [6, 6.07) is 6.21. The third kappa shape index (κ3) is 5.06. The molecule has 2 rings (SSSR count). The van der Waals surface area contributed by atoms with Gasteiger partial charge in [-0.2, -0.15) is 13.2 Å². The molecule has 1 aromatic rings. The molecule has 1 aromatic carbocycles. The van der Waals surface area contributed by atoms with Crippen LogP contribution in [0.2, 0.25) is 0 Å². The maximum atomic E-state index is 12.2. The Kier molecular flexibility index (Phi) is 4.63. The van der Waals surface area contributed by atoms with Crippen LogP contribution in [-0.4, -0.2) is 18.2 Å². The Morgan fingerprint density at radius 3 is 2.58 bits per heavy atom. The molecule has 0 fully saturated rings. The van der Waals surface area contributed by atoms with Gasteiger partial charge in [-0.05, 0) is 54.9 Å². The molecule has 6 heteroatoms. The summed E-state index contributed by atoms with van der Waals surface area (Å²) in [5.41, 5.74) is -3.44. The van der Waals surface area contributed by atoms with Crippen LogP contribution in [0.1, 0.15) is 12.8 Å². The summed E-state index contributed by atoms with van der Waals surface area (Å²) in [7, 11) is 0. The van der Waals surface area contributed by atoms with E-state index in [2.05, 4.69) is 5.32 Å². The van der Waals surface area contributed by atoms with E-state index >= 15 is 0 Å². The fourth-order valence-corrected chi connectivity index (χ4v) is 2.28. The summed E-state index contributed by atoms with van der Waals surface area (Å²) in [6.45, 7) is 0.649. The van der Waals surface area contributed by atoms with Crippen LogP contribution in [0, 0.1) is 0 Å². The molecule has 1 aliphatic rings. The zero-order valence-electron chi connectivity index (χ0n) is 10.1. The number of alkyl halides is 3. The van der Waals surface area contributed by atoms with Gasteiger partial charge in [-0.1, -0.05) is 0 Å². The quantitative estimate of drug-likeness (QED) is 0.830. The van der Waals surface area contributed by atoms with Crippen molar-refractivity contribution >= 4 is 17.4 Å². The molecular weight excluding hydrogens is 275 g/mol. The zero-order valence-corrected chi connectivity index (χ0v) is 10.9. The van der Waals surface area contributed by atoms with Crippen molar-refractivity contribution in [1.29, 1.82) is 0 Å². The van der Waals surface area contributed by atoms with Crippen LogP contribution in [0.15, 0.2) is 41.5 Å². The van der Waals surface area contributed by atoms with E-state index in [0.29, 0.717) is 6.54 Å². The molecule has 0 amide bonds. The average Bonchev–Trinajstić information content (AvgIpc) is 2.37. The molecule has 2 nitrogen and oxygen atoms in total. The fourth-order valence-electron chi connectivity index (χ4n) is 1.74. The number of halogens is 3. The lowest BCUT2D eigenvalue weighted by Crippen LogP contribution is -2.22. The van der Waals surface area contributed by atoms with Crippen LogP contribution in [0.5, 0.6) is 0 Å². The minimum Gasteiger partial charge on any atom is -0.497 e. The first kappa shape index (κ1) is 14.1. The van der Waals surface area contributed by atoms with Crippen molar-refractivity contribution in [2.45, 2.75) is 29.3 Å². The zero-order chi connectivity index (χ0) is 13.7. The summed E-state index contributed by atoms with van der Waals surface area (Å²) in [5, 5.41) is 3.16. The summed E-state index contributed by atoms with van der Waals surface area (Å²) >= 11 is -0.106. The number of anilines is 1. The van der Waals surface area contributed by atoms with Gasteiger partial charge in [0.2, 0.25) is 0 Å². The van der Waals surface area contributed by atoms with E-state index in [1.807, 2.05) is 6.08 Å². The largest absolute Gasteiger partial charge is 0.497 e. The molecule has 1 N–H and O–H groups in total. The number of thioether (sulfide) groups is 1. The van der Waals surface area contributed by atoms with Crippen LogP contribution in [0.3, 0.4) is 0 Å². The molecule has 1 atom stereocenters. The molecule has 0 aromatic heterocycles. The summed E-state index contributed by atoms with van der Waals surface area (Å²) < 4.78 is 41.9. The molecule has 0 saturated heterocycles. The number of hydrogen-bond acceptors (Lipinski definition) is 3. The number of benzene rings is 1. The number of nitrogens with one attached hydrogen (secondary N) is 1. The Bertz CT molecular complexity index is 431. The van der Waals surface area contributed by atoms with Crippen LogP contribution < -0.4 is 5.32 Å². The minimum atomic E-state index is -4.24. The van der Waals surface area contributed by atoms with Gasteiger partial charge in [0, 0.05) is 10.6 Å². The van der Waals surface area contributed by atoms with Crippen LogP contribution >= 0.6 is 11.8 Å². The minimum absolute atomic E-state index is 0.106. The molecule has 0 radical (unpaired) electrons. The Balaban J connectivity index is 1.83.